The highest BCUT2D eigenvalue weighted by Gasteiger charge is 2.20. The van der Waals surface area contributed by atoms with Gasteiger partial charge in [-0.1, -0.05) is 140 Å². The van der Waals surface area contributed by atoms with Crippen LogP contribution >= 0.6 is 11.3 Å². The molecular formula is C45H28N4S. The van der Waals surface area contributed by atoms with Gasteiger partial charge in [-0.2, -0.15) is 0 Å². The summed E-state index contributed by atoms with van der Waals surface area (Å²) in [5, 5.41) is 5.03. The summed E-state index contributed by atoms with van der Waals surface area (Å²) >= 11 is 1.86. The Morgan fingerprint density at radius 2 is 0.900 bits per heavy atom. The van der Waals surface area contributed by atoms with Crippen molar-refractivity contribution in [1.29, 1.82) is 0 Å². The van der Waals surface area contributed by atoms with E-state index in [1.54, 1.807) is 0 Å². The van der Waals surface area contributed by atoms with Gasteiger partial charge in [0.2, 0.25) is 0 Å². The molecule has 234 valence electrons. The number of aromatic nitrogens is 4. The van der Waals surface area contributed by atoms with E-state index < -0.39 is 0 Å². The third-order valence-electron chi connectivity index (χ3n) is 9.42. The number of rotatable bonds is 5. The monoisotopic (exact) mass is 656 g/mol. The van der Waals surface area contributed by atoms with Gasteiger partial charge >= 0.3 is 0 Å². The molecule has 0 bridgehead atoms. The number of nitrogens with zero attached hydrogens (tertiary/aromatic N) is 4. The molecule has 0 fully saturated rings. The van der Waals surface area contributed by atoms with Crippen molar-refractivity contribution in [2.45, 2.75) is 0 Å². The normalized spacial score (nSPS) is 11.6. The second kappa shape index (κ2) is 11.6. The Balaban J connectivity index is 1.29. The molecule has 0 amide bonds. The summed E-state index contributed by atoms with van der Waals surface area (Å²) in [7, 11) is 0. The summed E-state index contributed by atoms with van der Waals surface area (Å²) < 4.78 is 5.01. The molecule has 50 heavy (non-hydrogen) atoms. The molecule has 0 atom stereocenters. The lowest BCUT2D eigenvalue weighted by Crippen LogP contribution is -2.01. The molecule has 0 radical (unpaired) electrons. The fourth-order valence-electron chi connectivity index (χ4n) is 7.10. The summed E-state index contributed by atoms with van der Waals surface area (Å²) in [6, 6.07) is 59.6. The van der Waals surface area contributed by atoms with Crippen LogP contribution in [-0.4, -0.2) is 19.5 Å². The van der Waals surface area contributed by atoms with Crippen molar-refractivity contribution in [2.24, 2.45) is 0 Å². The molecule has 3 heterocycles. The predicted molar refractivity (Wildman–Crippen MR) is 209 cm³/mol. The lowest BCUT2D eigenvalue weighted by atomic mass is 10.0. The van der Waals surface area contributed by atoms with Crippen LogP contribution in [0.25, 0.3) is 93.0 Å². The van der Waals surface area contributed by atoms with Gasteiger partial charge in [-0.05, 0) is 41.5 Å². The Morgan fingerprint density at radius 3 is 1.58 bits per heavy atom. The Labute approximate surface area is 292 Å². The molecule has 10 rings (SSSR count). The molecule has 0 unspecified atom stereocenters. The summed E-state index contributed by atoms with van der Waals surface area (Å²) in [6.45, 7) is 0. The van der Waals surface area contributed by atoms with Gasteiger partial charge in [0.05, 0.1) is 15.7 Å². The number of hydrogen-bond donors (Lipinski definition) is 0. The molecule has 0 aliphatic heterocycles. The van der Waals surface area contributed by atoms with Crippen LogP contribution in [0, 0.1) is 0 Å². The van der Waals surface area contributed by atoms with Crippen molar-refractivity contribution in [3.63, 3.8) is 0 Å². The van der Waals surface area contributed by atoms with E-state index in [-0.39, 0.29) is 0 Å². The van der Waals surface area contributed by atoms with Crippen LogP contribution in [-0.2, 0) is 0 Å². The zero-order chi connectivity index (χ0) is 33.0. The van der Waals surface area contributed by atoms with Crippen molar-refractivity contribution >= 4 is 53.3 Å². The molecule has 4 nitrogen and oxygen atoms in total. The standard InChI is InChI=1S/C45H28N4S/c1-4-14-29(15-5-1)32-26-33(45-47-43(30-16-6-2-7-17-30)46-44(48-45)31-18-8-3-9-19-31)28-34(27-32)49-39-22-12-10-20-35(39)37-24-25-38-36-21-11-13-23-40(36)50-42(38)41(37)49/h1-28H. The number of thiophene rings is 1. The summed E-state index contributed by atoms with van der Waals surface area (Å²) in [5.74, 6) is 1.92. The lowest BCUT2D eigenvalue weighted by molar-refractivity contribution is 1.07. The first-order valence-corrected chi connectivity index (χ1v) is 17.5. The first-order valence-electron chi connectivity index (χ1n) is 16.7. The zero-order valence-electron chi connectivity index (χ0n) is 26.9. The topological polar surface area (TPSA) is 43.6 Å². The number of benzene rings is 7. The minimum Gasteiger partial charge on any atom is -0.308 e. The van der Waals surface area contributed by atoms with E-state index in [2.05, 4.69) is 114 Å². The van der Waals surface area contributed by atoms with Gasteiger partial charge in [0, 0.05) is 48.6 Å². The number of hydrogen-bond acceptors (Lipinski definition) is 4. The summed E-state index contributed by atoms with van der Waals surface area (Å²) in [4.78, 5) is 15.2. The van der Waals surface area contributed by atoms with Crippen LogP contribution in [0.3, 0.4) is 0 Å². The number of para-hydroxylation sites is 1. The molecule has 0 N–H and O–H groups in total. The van der Waals surface area contributed by atoms with Crippen LogP contribution < -0.4 is 0 Å². The van der Waals surface area contributed by atoms with E-state index in [1.807, 2.05) is 72.0 Å². The first kappa shape index (κ1) is 28.6. The van der Waals surface area contributed by atoms with Crippen LogP contribution in [0.15, 0.2) is 170 Å². The quantitative estimate of drug-likeness (QED) is 0.185. The molecular weight excluding hydrogens is 629 g/mol. The highest BCUT2D eigenvalue weighted by atomic mass is 32.1. The molecule has 10 aromatic rings. The average molecular weight is 657 g/mol. The van der Waals surface area contributed by atoms with Crippen LogP contribution in [0.5, 0.6) is 0 Å². The van der Waals surface area contributed by atoms with Crippen molar-refractivity contribution in [2.75, 3.05) is 0 Å². The fraction of sp³-hybridized carbons (Fsp3) is 0. The zero-order valence-corrected chi connectivity index (χ0v) is 27.7. The SMILES string of the molecule is c1ccc(-c2cc(-c3nc(-c4ccccc4)nc(-c4ccccc4)n3)cc(-n3c4ccccc4c4ccc5c6ccccc6sc5c43)c2)cc1. The smallest absolute Gasteiger partial charge is 0.164 e. The Bertz CT molecular complexity index is 2800. The highest BCUT2D eigenvalue weighted by molar-refractivity contribution is 7.26. The number of fused-ring (bicyclic) bond motifs is 7. The minimum atomic E-state index is 0.629. The first-order chi connectivity index (χ1) is 24.8. The van der Waals surface area contributed by atoms with Crippen molar-refractivity contribution in [3.8, 4) is 51.0 Å². The molecule has 0 aliphatic rings. The van der Waals surface area contributed by atoms with Crippen LogP contribution in [0.1, 0.15) is 0 Å². The van der Waals surface area contributed by atoms with Crippen molar-refractivity contribution in [1.82, 2.24) is 19.5 Å². The summed E-state index contributed by atoms with van der Waals surface area (Å²) in [6.07, 6.45) is 0. The van der Waals surface area contributed by atoms with E-state index in [0.29, 0.717) is 17.5 Å². The molecule has 5 heteroatoms. The predicted octanol–water partition coefficient (Wildman–Crippen LogP) is 12.0. The van der Waals surface area contributed by atoms with Gasteiger partial charge in [0.1, 0.15) is 0 Å². The van der Waals surface area contributed by atoms with E-state index in [4.69, 9.17) is 15.0 Å². The fourth-order valence-corrected chi connectivity index (χ4v) is 8.34. The van der Waals surface area contributed by atoms with Crippen molar-refractivity contribution in [3.05, 3.63) is 170 Å². The molecule has 0 saturated carbocycles. The Morgan fingerprint density at radius 1 is 0.380 bits per heavy atom. The second-order valence-electron chi connectivity index (χ2n) is 12.5. The van der Waals surface area contributed by atoms with E-state index in [0.717, 1.165) is 39.0 Å². The molecule has 7 aromatic carbocycles. The van der Waals surface area contributed by atoms with Gasteiger partial charge in [-0.3, -0.25) is 0 Å². The van der Waals surface area contributed by atoms with Gasteiger partial charge in [0.15, 0.2) is 17.5 Å². The Kier molecular flexibility index (Phi) is 6.64. The maximum Gasteiger partial charge on any atom is 0.164 e. The van der Waals surface area contributed by atoms with E-state index in [1.165, 1.54) is 36.5 Å². The van der Waals surface area contributed by atoms with Crippen LogP contribution in [0.4, 0.5) is 0 Å². The third kappa shape index (κ3) is 4.71. The van der Waals surface area contributed by atoms with Gasteiger partial charge in [-0.25, -0.2) is 15.0 Å². The lowest BCUT2D eigenvalue weighted by Gasteiger charge is -2.14. The average Bonchev–Trinajstić information content (AvgIpc) is 3.75. The third-order valence-corrected chi connectivity index (χ3v) is 10.6. The minimum absolute atomic E-state index is 0.629. The molecule has 0 saturated heterocycles. The second-order valence-corrected chi connectivity index (χ2v) is 13.5. The molecule has 0 aliphatic carbocycles. The molecule has 3 aromatic heterocycles. The maximum absolute atomic E-state index is 5.13. The van der Waals surface area contributed by atoms with Gasteiger partial charge in [0.25, 0.3) is 0 Å². The van der Waals surface area contributed by atoms with E-state index in [9.17, 15) is 0 Å². The van der Waals surface area contributed by atoms with Gasteiger partial charge < -0.3 is 4.57 Å². The van der Waals surface area contributed by atoms with Crippen LogP contribution in [0.2, 0.25) is 0 Å². The largest absolute Gasteiger partial charge is 0.308 e. The van der Waals surface area contributed by atoms with Crippen molar-refractivity contribution < 1.29 is 0 Å². The Hall–Kier alpha value is -6.43. The summed E-state index contributed by atoms with van der Waals surface area (Å²) in [5.41, 5.74) is 8.47. The van der Waals surface area contributed by atoms with E-state index >= 15 is 0 Å². The highest BCUT2D eigenvalue weighted by Crippen LogP contribution is 2.43. The maximum atomic E-state index is 5.13. The molecule has 0 spiro atoms. The van der Waals surface area contributed by atoms with Gasteiger partial charge in [-0.15, -0.1) is 11.3 Å².